The molecule has 0 amide bonds. The average molecular weight is 573 g/mol. The van der Waals surface area contributed by atoms with Crippen LogP contribution in [0, 0.1) is 0 Å². The van der Waals surface area contributed by atoms with E-state index in [-0.39, 0.29) is 5.69 Å². The highest BCUT2D eigenvalue weighted by molar-refractivity contribution is 9.15. The monoisotopic (exact) mass is 569 g/mol. The van der Waals surface area contributed by atoms with Crippen LogP contribution < -0.4 is 0 Å². The number of rotatable bonds is 4. The average Bonchev–Trinajstić information content (AvgIpc) is 3.15. The minimum absolute atomic E-state index is 0.0731. The van der Waals surface area contributed by atoms with Crippen molar-refractivity contribution in [2.45, 2.75) is 13.1 Å². The maximum atomic E-state index is 10.8. The number of aryl methyl sites for hydroxylation is 2. The Labute approximate surface area is 163 Å². The van der Waals surface area contributed by atoms with Gasteiger partial charge in [0.05, 0.1) is 33.5 Å². The topological polar surface area (TPSA) is 85.8 Å². The van der Waals surface area contributed by atoms with Gasteiger partial charge < -0.3 is 9.67 Å². The van der Waals surface area contributed by atoms with Crippen LogP contribution in [-0.2, 0) is 13.1 Å². The summed E-state index contributed by atoms with van der Waals surface area (Å²) < 4.78 is 6.95. The van der Waals surface area contributed by atoms with Crippen molar-refractivity contribution in [2.24, 2.45) is 0 Å². The number of imidazole rings is 1. The molecule has 0 spiro atoms. The van der Waals surface area contributed by atoms with Crippen molar-refractivity contribution >= 4 is 80.7 Å². The van der Waals surface area contributed by atoms with Crippen LogP contribution >= 0.6 is 63.7 Å². The summed E-state index contributed by atoms with van der Waals surface area (Å²) in [4.78, 5) is 15.2. The Hall–Kier alpha value is -0.780. The molecule has 0 bridgehead atoms. The summed E-state index contributed by atoms with van der Waals surface area (Å²) in [6.07, 6.45) is 3.13. The van der Waals surface area contributed by atoms with Gasteiger partial charge in [-0.3, -0.25) is 0 Å². The molecule has 0 saturated carbocycles. The molecular weight excluding hydrogens is 566 g/mol. The van der Waals surface area contributed by atoms with E-state index in [4.69, 9.17) is 5.11 Å². The Balaban J connectivity index is 1.93. The van der Waals surface area contributed by atoms with Gasteiger partial charge in [-0.15, -0.1) is 5.10 Å². The molecule has 0 aliphatic carbocycles. The predicted octanol–water partition coefficient (Wildman–Crippen LogP) is 4.08. The van der Waals surface area contributed by atoms with Crippen LogP contribution in [0.15, 0.2) is 30.4 Å². The summed E-state index contributed by atoms with van der Waals surface area (Å²) in [6.45, 7) is 1.04. The number of aromatic carboxylic acids is 1. The quantitative estimate of drug-likeness (QED) is 0.376. The predicted molar refractivity (Wildman–Crippen MR) is 97.5 cm³/mol. The van der Waals surface area contributed by atoms with Gasteiger partial charge in [-0.2, -0.15) is 0 Å². The number of carboxylic acid groups (broad SMARTS) is 1. The highest BCUT2D eigenvalue weighted by atomic mass is 79.9. The van der Waals surface area contributed by atoms with Gasteiger partial charge in [-0.1, -0.05) is 5.21 Å². The molecule has 3 aromatic rings. The highest BCUT2D eigenvalue weighted by Gasteiger charge is 2.18. The van der Waals surface area contributed by atoms with Crippen molar-refractivity contribution in [3.63, 3.8) is 0 Å². The van der Waals surface area contributed by atoms with Gasteiger partial charge in [0.1, 0.15) is 5.52 Å². The maximum Gasteiger partial charge on any atom is 0.358 e. The fourth-order valence-electron chi connectivity index (χ4n) is 2.06. The van der Waals surface area contributed by atoms with E-state index in [1.807, 2.05) is 4.57 Å². The van der Waals surface area contributed by atoms with Crippen molar-refractivity contribution < 1.29 is 9.90 Å². The zero-order chi connectivity index (χ0) is 16.7. The number of fused-ring (bicyclic) bond motifs is 1. The van der Waals surface area contributed by atoms with E-state index in [2.05, 4.69) is 79.0 Å². The minimum Gasteiger partial charge on any atom is -0.476 e. The summed E-state index contributed by atoms with van der Waals surface area (Å²) in [5.41, 5.74) is 1.67. The number of carboxylic acids is 1. The number of aromatic nitrogens is 5. The van der Waals surface area contributed by atoms with Crippen molar-refractivity contribution in [2.75, 3.05) is 0 Å². The van der Waals surface area contributed by atoms with Gasteiger partial charge in [-0.25, -0.2) is 14.5 Å². The van der Waals surface area contributed by atoms with Crippen LogP contribution in [0.25, 0.3) is 11.0 Å². The summed E-state index contributed by atoms with van der Waals surface area (Å²) in [5.74, 6) is -1.09. The molecule has 3 rings (SSSR count). The Morgan fingerprint density at radius 1 is 1.09 bits per heavy atom. The van der Waals surface area contributed by atoms with Gasteiger partial charge in [0.25, 0.3) is 0 Å². The molecule has 0 saturated heterocycles. The molecule has 0 atom stereocenters. The highest BCUT2D eigenvalue weighted by Crippen LogP contribution is 2.42. The summed E-state index contributed by atoms with van der Waals surface area (Å²) >= 11 is 14.1. The molecule has 0 unspecified atom stereocenters. The minimum atomic E-state index is -1.09. The lowest BCUT2D eigenvalue weighted by Crippen LogP contribution is -2.07. The third-order valence-corrected chi connectivity index (χ3v) is 7.89. The second-order valence-corrected chi connectivity index (χ2v) is 7.74. The number of hydrogen-bond donors (Lipinski definition) is 1. The lowest BCUT2D eigenvalue weighted by molar-refractivity contribution is 0.0690. The first-order valence-corrected chi connectivity index (χ1v) is 9.37. The van der Waals surface area contributed by atoms with E-state index >= 15 is 0 Å². The first-order chi connectivity index (χ1) is 10.9. The molecule has 7 nitrogen and oxygen atoms in total. The third kappa shape index (κ3) is 3.11. The van der Waals surface area contributed by atoms with Crippen molar-refractivity contribution in [3.05, 3.63) is 36.1 Å². The van der Waals surface area contributed by atoms with Gasteiger partial charge >= 0.3 is 5.97 Å². The molecule has 120 valence electrons. The van der Waals surface area contributed by atoms with Crippen LogP contribution in [0.4, 0.5) is 0 Å². The molecule has 0 fully saturated rings. The van der Waals surface area contributed by atoms with Crippen molar-refractivity contribution in [1.29, 1.82) is 0 Å². The molecule has 2 aromatic heterocycles. The maximum absolute atomic E-state index is 10.8. The molecule has 0 aliphatic rings. The Morgan fingerprint density at radius 3 is 2.43 bits per heavy atom. The molecular formula is C12H7Br4N5O2. The van der Waals surface area contributed by atoms with E-state index in [1.165, 1.54) is 10.9 Å². The second-order valence-electron chi connectivity index (χ2n) is 4.56. The van der Waals surface area contributed by atoms with Gasteiger partial charge in [0, 0.05) is 15.5 Å². The number of halogens is 4. The van der Waals surface area contributed by atoms with Crippen LogP contribution in [0.5, 0.6) is 0 Å². The first kappa shape index (κ1) is 17.1. The molecule has 2 heterocycles. The zero-order valence-electron chi connectivity index (χ0n) is 11.2. The Morgan fingerprint density at radius 2 is 1.78 bits per heavy atom. The van der Waals surface area contributed by atoms with Gasteiger partial charge in [0.15, 0.2) is 5.69 Å². The van der Waals surface area contributed by atoms with Crippen LogP contribution in [0.3, 0.4) is 0 Å². The second kappa shape index (κ2) is 6.61. The largest absolute Gasteiger partial charge is 0.476 e. The van der Waals surface area contributed by atoms with Crippen LogP contribution in [0.1, 0.15) is 10.5 Å². The van der Waals surface area contributed by atoms with Gasteiger partial charge in [-0.05, 0) is 63.7 Å². The Bertz CT molecular complexity index is 920. The van der Waals surface area contributed by atoms with E-state index in [9.17, 15) is 4.79 Å². The van der Waals surface area contributed by atoms with Crippen LogP contribution in [0.2, 0.25) is 0 Å². The van der Waals surface area contributed by atoms with Crippen molar-refractivity contribution in [3.8, 4) is 0 Å². The SMILES string of the molecule is O=C(O)c1cn(CCn2cnc3c(Br)c(Br)c(Br)c(Br)c32)nn1. The van der Waals surface area contributed by atoms with E-state index in [1.54, 1.807) is 6.33 Å². The smallest absolute Gasteiger partial charge is 0.358 e. The molecule has 1 aromatic carbocycles. The summed E-state index contributed by atoms with van der Waals surface area (Å²) in [7, 11) is 0. The van der Waals surface area contributed by atoms with E-state index < -0.39 is 5.97 Å². The summed E-state index contributed by atoms with van der Waals surface area (Å²) in [6, 6.07) is 0. The number of nitrogens with zero attached hydrogens (tertiary/aromatic N) is 5. The molecule has 11 heteroatoms. The number of carbonyl (C=O) groups is 1. The normalized spacial score (nSPS) is 11.3. The fraction of sp³-hybridized carbons (Fsp3) is 0.167. The molecule has 0 radical (unpaired) electrons. The first-order valence-electron chi connectivity index (χ1n) is 6.20. The van der Waals surface area contributed by atoms with Gasteiger partial charge in [0.2, 0.25) is 0 Å². The molecule has 23 heavy (non-hydrogen) atoms. The lowest BCUT2D eigenvalue weighted by atomic mass is 10.3. The fourth-order valence-corrected chi connectivity index (χ4v) is 4.47. The van der Waals surface area contributed by atoms with Crippen molar-refractivity contribution in [1.82, 2.24) is 24.5 Å². The zero-order valence-corrected chi connectivity index (χ0v) is 17.5. The number of benzene rings is 1. The summed E-state index contributed by atoms with van der Waals surface area (Å²) in [5, 5.41) is 16.3. The van der Waals surface area contributed by atoms with Crippen LogP contribution in [-0.4, -0.2) is 35.6 Å². The third-order valence-electron chi connectivity index (χ3n) is 3.16. The molecule has 1 N–H and O–H groups in total. The lowest BCUT2D eigenvalue weighted by Gasteiger charge is -2.09. The molecule has 0 aliphatic heterocycles. The van der Waals surface area contributed by atoms with E-state index in [0.29, 0.717) is 13.1 Å². The standard InChI is InChI=1S/C12H7Br4N5O2/c13-6-7(14)9(16)11-10(8(6)15)17-4-20(11)1-2-21-3-5(12(22)23)18-19-21/h3-4H,1-2H2,(H,22,23). The number of hydrogen-bond acceptors (Lipinski definition) is 4. The van der Waals surface area contributed by atoms with E-state index in [0.717, 1.165) is 28.9 Å². The Kier molecular flexibility index (Phi) is 4.90.